The van der Waals surface area contributed by atoms with Crippen LogP contribution in [0.1, 0.15) is 13.2 Å². The highest BCUT2D eigenvalue weighted by Gasteiger charge is 2.52. The number of aromatic nitrogens is 2. The molecule has 0 amide bonds. The van der Waals surface area contributed by atoms with Crippen LogP contribution in [0, 0.1) is 5.82 Å². The molecule has 0 aliphatic carbocycles. The van der Waals surface area contributed by atoms with E-state index in [9.17, 15) is 19.4 Å². The zero-order valence-electron chi connectivity index (χ0n) is 10.0. The number of aliphatic hydroxyl groups excluding tert-OH is 3. The van der Waals surface area contributed by atoms with Gasteiger partial charge in [0, 0.05) is 0 Å². The van der Waals surface area contributed by atoms with Crippen molar-refractivity contribution in [3.63, 3.8) is 0 Å². The number of aliphatic hydroxyl groups is 3. The van der Waals surface area contributed by atoms with E-state index in [1.807, 2.05) is 0 Å². The lowest BCUT2D eigenvalue weighted by Crippen LogP contribution is -2.43. The lowest BCUT2D eigenvalue weighted by Gasteiger charge is -2.24. The molecular formula is C10H14FN3O5. The molecule has 0 aromatic carbocycles. The Balaban J connectivity index is 2.44. The van der Waals surface area contributed by atoms with Crippen LogP contribution in [0.2, 0.25) is 0 Å². The van der Waals surface area contributed by atoms with E-state index in [1.165, 1.54) is 6.92 Å². The summed E-state index contributed by atoms with van der Waals surface area (Å²) in [5, 5.41) is 28.8. The molecule has 5 N–H and O–H groups in total. The van der Waals surface area contributed by atoms with Crippen molar-refractivity contribution in [2.75, 3.05) is 12.3 Å². The fourth-order valence-electron chi connectivity index (χ4n) is 1.92. The fraction of sp³-hybridized carbons (Fsp3) is 0.600. The van der Waals surface area contributed by atoms with Crippen LogP contribution in [0.3, 0.4) is 0 Å². The molecule has 2 heterocycles. The normalized spacial score (nSPS) is 34.7. The third-order valence-electron chi connectivity index (χ3n) is 3.15. The van der Waals surface area contributed by atoms with Crippen LogP contribution in [0.5, 0.6) is 0 Å². The maximum absolute atomic E-state index is 13.3. The van der Waals surface area contributed by atoms with Crippen molar-refractivity contribution >= 4 is 5.82 Å². The van der Waals surface area contributed by atoms with Gasteiger partial charge in [0.1, 0.15) is 17.8 Å². The Morgan fingerprint density at radius 3 is 2.79 bits per heavy atom. The van der Waals surface area contributed by atoms with Crippen LogP contribution >= 0.6 is 0 Å². The molecule has 1 aliphatic heterocycles. The molecule has 0 spiro atoms. The minimum absolute atomic E-state index is 0.570. The third-order valence-corrected chi connectivity index (χ3v) is 3.15. The molecular weight excluding hydrogens is 261 g/mol. The highest BCUT2D eigenvalue weighted by atomic mass is 19.1. The van der Waals surface area contributed by atoms with Crippen LogP contribution < -0.4 is 11.4 Å². The van der Waals surface area contributed by atoms with Gasteiger partial charge >= 0.3 is 5.69 Å². The number of halogens is 1. The van der Waals surface area contributed by atoms with E-state index in [0.717, 1.165) is 6.20 Å². The molecule has 0 saturated carbocycles. The Morgan fingerprint density at radius 1 is 1.63 bits per heavy atom. The van der Waals surface area contributed by atoms with E-state index < -0.39 is 48.0 Å². The van der Waals surface area contributed by atoms with E-state index in [1.54, 1.807) is 0 Å². The molecule has 1 aromatic rings. The molecule has 2 rings (SSSR count). The van der Waals surface area contributed by atoms with Crippen molar-refractivity contribution in [1.82, 2.24) is 9.55 Å². The average Bonchev–Trinajstić information content (AvgIpc) is 2.59. The molecule has 1 saturated heterocycles. The smallest absolute Gasteiger partial charge is 0.351 e. The zero-order chi connectivity index (χ0) is 14.4. The van der Waals surface area contributed by atoms with Crippen molar-refractivity contribution in [1.29, 1.82) is 0 Å². The maximum Gasteiger partial charge on any atom is 0.351 e. The van der Waals surface area contributed by atoms with Gasteiger partial charge in [0.2, 0.25) is 0 Å². The van der Waals surface area contributed by atoms with Gasteiger partial charge in [0.05, 0.1) is 12.8 Å². The first-order valence-corrected chi connectivity index (χ1v) is 5.49. The maximum atomic E-state index is 13.3. The monoisotopic (exact) mass is 275 g/mol. The quantitative estimate of drug-likeness (QED) is 0.489. The second-order valence-corrected chi connectivity index (χ2v) is 4.58. The van der Waals surface area contributed by atoms with Gasteiger partial charge in [-0.2, -0.15) is 4.98 Å². The topological polar surface area (TPSA) is 131 Å². The number of nitrogen functional groups attached to an aromatic ring is 1. The summed E-state index contributed by atoms with van der Waals surface area (Å²) in [5.41, 5.74) is 2.75. The van der Waals surface area contributed by atoms with E-state index in [0.29, 0.717) is 4.57 Å². The van der Waals surface area contributed by atoms with Crippen molar-refractivity contribution in [3.05, 3.63) is 22.5 Å². The minimum atomic E-state index is -1.51. The summed E-state index contributed by atoms with van der Waals surface area (Å²) in [5.74, 6) is -1.53. The lowest BCUT2D eigenvalue weighted by molar-refractivity contribution is -0.118. The average molecular weight is 275 g/mol. The largest absolute Gasteiger partial charge is 0.393 e. The van der Waals surface area contributed by atoms with Crippen LogP contribution in [0.25, 0.3) is 0 Å². The van der Waals surface area contributed by atoms with Gasteiger partial charge in [-0.1, -0.05) is 0 Å². The first kappa shape index (κ1) is 13.9. The number of nitrogens with two attached hydrogens (primary N) is 1. The predicted molar refractivity (Wildman–Crippen MR) is 60.5 cm³/mol. The van der Waals surface area contributed by atoms with Crippen LogP contribution in [0.15, 0.2) is 11.0 Å². The second kappa shape index (κ2) is 4.53. The van der Waals surface area contributed by atoms with Gasteiger partial charge in [-0.05, 0) is 6.92 Å². The molecule has 4 atom stereocenters. The van der Waals surface area contributed by atoms with E-state index in [2.05, 4.69) is 4.98 Å². The number of nitrogens with zero attached hydrogens (tertiary/aromatic N) is 2. The molecule has 9 heteroatoms. The molecule has 1 aliphatic rings. The summed E-state index contributed by atoms with van der Waals surface area (Å²) in [7, 11) is 0. The van der Waals surface area contributed by atoms with Gasteiger partial charge in [-0.25, -0.2) is 9.18 Å². The lowest BCUT2D eigenvalue weighted by atomic mass is 9.99. The first-order valence-electron chi connectivity index (χ1n) is 5.49. The Bertz CT molecular complexity index is 550. The summed E-state index contributed by atoms with van der Waals surface area (Å²) in [6, 6.07) is 0. The SMILES string of the molecule is C[C@]1(CO)O[C@@H](n2cc(F)c(N)nc2=O)[C@@H](O)C1O. The van der Waals surface area contributed by atoms with Gasteiger partial charge < -0.3 is 25.8 Å². The summed E-state index contributed by atoms with van der Waals surface area (Å²) >= 11 is 0. The van der Waals surface area contributed by atoms with Crippen molar-refractivity contribution in [2.24, 2.45) is 0 Å². The zero-order valence-corrected chi connectivity index (χ0v) is 10.0. The summed E-state index contributed by atoms with van der Waals surface area (Å²) < 4.78 is 19.2. The molecule has 106 valence electrons. The van der Waals surface area contributed by atoms with Crippen molar-refractivity contribution in [2.45, 2.75) is 31.0 Å². The highest BCUT2D eigenvalue weighted by Crippen LogP contribution is 2.36. The number of ether oxygens (including phenoxy) is 1. The minimum Gasteiger partial charge on any atom is -0.393 e. The second-order valence-electron chi connectivity index (χ2n) is 4.58. The number of rotatable bonds is 2. The van der Waals surface area contributed by atoms with E-state index >= 15 is 0 Å². The summed E-state index contributed by atoms with van der Waals surface area (Å²) in [6.07, 6.45) is -3.58. The van der Waals surface area contributed by atoms with E-state index in [-0.39, 0.29) is 0 Å². The Morgan fingerprint density at radius 2 is 2.26 bits per heavy atom. The van der Waals surface area contributed by atoms with Gasteiger partial charge in [0.25, 0.3) is 0 Å². The molecule has 0 bridgehead atoms. The predicted octanol–water partition coefficient (Wildman–Crippen LogP) is -2.03. The number of anilines is 1. The molecule has 19 heavy (non-hydrogen) atoms. The van der Waals surface area contributed by atoms with Crippen LogP contribution in [-0.2, 0) is 4.74 Å². The van der Waals surface area contributed by atoms with Crippen molar-refractivity contribution in [3.8, 4) is 0 Å². The Hall–Kier alpha value is -1.55. The number of hydrogen-bond acceptors (Lipinski definition) is 7. The Labute approximate surface area is 106 Å². The Kier molecular flexibility index (Phi) is 3.31. The van der Waals surface area contributed by atoms with Crippen LogP contribution in [0.4, 0.5) is 10.2 Å². The molecule has 8 nitrogen and oxygen atoms in total. The standard InChI is InChI=1S/C10H14FN3O5/c1-10(3-15)6(17)5(16)8(19-10)14-2-4(11)7(12)13-9(14)18/h2,5-6,8,15-17H,3H2,1H3,(H2,12,13,18)/t5-,6?,8+,10+/m0/s1. The summed E-state index contributed by atoms with van der Waals surface area (Å²) in [6.45, 7) is 0.772. The van der Waals surface area contributed by atoms with Crippen LogP contribution in [-0.4, -0.2) is 49.3 Å². The molecule has 1 aromatic heterocycles. The van der Waals surface area contributed by atoms with E-state index in [4.69, 9.17) is 15.6 Å². The van der Waals surface area contributed by atoms with Gasteiger partial charge in [0.15, 0.2) is 17.9 Å². The molecule has 1 fully saturated rings. The van der Waals surface area contributed by atoms with Gasteiger partial charge in [-0.3, -0.25) is 4.57 Å². The molecule has 0 radical (unpaired) electrons. The van der Waals surface area contributed by atoms with Gasteiger partial charge in [-0.15, -0.1) is 0 Å². The first-order chi connectivity index (χ1) is 8.80. The third kappa shape index (κ3) is 2.10. The highest BCUT2D eigenvalue weighted by molar-refractivity contribution is 5.26. The fourth-order valence-corrected chi connectivity index (χ4v) is 1.92. The molecule has 1 unspecified atom stereocenters. The summed E-state index contributed by atoms with van der Waals surface area (Å²) in [4.78, 5) is 14.8. The van der Waals surface area contributed by atoms with Crippen molar-refractivity contribution < 1.29 is 24.4 Å². The number of hydrogen-bond donors (Lipinski definition) is 4.